The molecule has 0 radical (unpaired) electrons. The highest BCUT2D eigenvalue weighted by atomic mass is 79.9. The maximum Gasteiger partial charge on any atom is 0.0691 e. The Balaban J connectivity index is 2.12. The first-order valence-electron chi connectivity index (χ1n) is 6.25. The lowest BCUT2D eigenvalue weighted by atomic mass is 10.1. The molecule has 2 heteroatoms. The summed E-state index contributed by atoms with van der Waals surface area (Å²) in [4.78, 5) is 0. The summed E-state index contributed by atoms with van der Waals surface area (Å²) in [7, 11) is 0. The van der Waals surface area contributed by atoms with Crippen molar-refractivity contribution in [3.8, 4) is 12.3 Å². The van der Waals surface area contributed by atoms with Crippen molar-refractivity contribution < 1.29 is 0 Å². The first-order valence-corrected chi connectivity index (χ1v) is 7.05. The smallest absolute Gasteiger partial charge is 0.0691 e. The van der Waals surface area contributed by atoms with Crippen LogP contribution < -0.4 is 5.32 Å². The average molecular weight is 292 g/mol. The Kier molecular flexibility index (Phi) is 4.25. The van der Waals surface area contributed by atoms with Gasteiger partial charge in [-0.1, -0.05) is 47.3 Å². The molecule has 0 spiro atoms. The number of rotatable bonds is 4. The second-order valence-electron chi connectivity index (χ2n) is 4.57. The third kappa shape index (κ3) is 2.73. The molecule has 1 nitrogen and oxygen atoms in total. The summed E-state index contributed by atoms with van der Waals surface area (Å²) in [5.41, 5.74) is 2.85. The van der Waals surface area contributed by atoms with Gasteiger partial charge in [0, 0.05) is 10.5 Å². The van der Waals surface area contributed by atoms with Crippen LogP contribution in [0.15, 0.2) is 22.7 Å². The van der Waals surface area contributed by atoms with Crippen LogP contribution in [0.25, 0.3) is 0 Å². The second-order valence-corrected chi connectivity index (χ2v) is 5.43. The number of hydrogen-bond acceptors (Lipinski definition) is 1. The number of nitrogens with one attached hydrogen (secondary N) is 1. The molecule has 17 heavy (non-hydrogen) atoms. The Hall–Kier alpha value is -0.780. The zero-order valence-electron chi connectivity index (χ0n) is 10.2. The lowest BCUT2D eigenvalue weighted by molar-refractivity contribution is 0.468. The molecule has 2 atom stereocenters. The third-order valence-electron chi connectivity index (χ3n) is 3.39. The van der Waals surface area contributed by atoms with E-state index in [2.05, 4.69) is 52.3 Å². The van der Waals surface area contributed by atoms with Crippen molar-refractivity contribution in [1.29, 1.82) is 0 Å². The summed E-state index contributed by atoms with van der Waals surface area (Å²) >= 11 is 3.62. The van der Waals surface area contributed by atoms with Crippen LogP contribution in [-0.4, -0.2) is 6.04 Å². The third-order valence-corrected chi connectivity index (χ3v) is 4.14. The van der Waals surface area contributed by atoms with Gasteiger partial charge in [-0.15, -0.1) is 6.42 Å². The van der Waals surface area contributed by atoms with E-state index in [1.165, 1.54) is 15.6 Å². The molecule has 0 amide bonds. The minimum absolute atomic E-state index is 0.204. The predicted molar refractivity (Wildman–Crippen MR) is 75.9 cm³/mol. The van der Waals surface area contributed by atoms with Crippen molar-refractivity contribution in [2.75, 3.05) is 0 Å². The van der Waals surface area contributed by atoms with Crippen molar-refractivity contribution in [2.24, 2.45) is 0 Å². The van der Waals surface area contributed by atoms with Crippen molar-refractivity contribution in [3.63, 3.8) is 0 Å². The van der Waals surface area contributed by atoms with E-state index in [9.17, 15) is 0 Å². The number of benzene rings is 1. The highest BCUT2D eigenvalue weighted by Gasteiger charge is 2.25. The molecule has 90 valence electrons. The summed E-state index contributed by atoms with van der Waals surface area (Å²) in [6, 6.07) is 7.06. The van der Waals surface area contributed by atoms with Gasteiger partial charge in [0.25, 0.3) is 0 Å². The van der Waals surface area contributed by atoms with E-state index in [1.54, 1.807) is 0 Å². The van der Waals surface area contributed by atoms with Crippen LogP contribution in [0.1, 0.15) is 43.4 Å². The molecular weight excluding hydrogens is 274 g/mol. The van der Waals surface area contributed by atoms with Crippen LogP contribution in [0.4, 0.5) is 0 Å². The molecule has 0 heterocycles. The Morgan fingerprint density at radius 3 is 3.12 bits per heavy atom. The van der Waals surface area contributed by atoms with Crippen molar-refractivity contribution in [2.45, 2.75) is 44.7 Å². The molecule has 1 aromatic carbocycles. The number of terminal acetylenes is 1. The molecule has 1 aliphatic carbocycles. The van der Waals surface area contributed by atoms with Crippen LogP contribution in [0.3, 0.4) is 0 Å². The van der Waals surface area contributed by atoms with Crippen LogP contribution in [0, 0.1) is 12.3 Å². The fraction of sp³-hybridized carbons (Fsp3) is 0.467. The van der Waals surface area contributed by atoms with Gasteiger partial charge in [0.2, 0.25) is 0 Å². The van der Waals surface area contributed by atoms with E-state index in [-0.39, 0.29) is 6.04 Å². The molecule has 0 aromatic heterocycles. The largest absolute Gasteiger partial charge is 0.297 e. The predicted octanol–water partition coefficient (Wildman–Crippen LogP) is 3.83. The SMILES string of the molecule is C#CC(CCC)NC1CCc2c(Br)cccc21. The Bertz CT molecular complexity index is 433. The normalized spacial score (nSPS) is 19.7. The first-order chi connectivity index (χ1) is 8.26. The van der Waals surface area contributed by atoms with Gasteiger partial charge >= 0.3 is 0 Å². The molecule has 0 saturated heterocycles. The monoisotopic (exact) mass is 291 g/mol. The van der Waals surface area contributed by atoms with E-state index in [0.717, 1.165) is 25.7 Å². The van der Waals surface area contributed by atoms with Gasteiger partial charge in [-0.25, -0.2) is 0 Å². The molecule has 1 aromatic rings. The zero-order valence-corrected chi connectivity index (χ0v) is 11.8. The Labute approximate surface area is 112 Å². The maximum atomic E-state index is 5.57. The summed E-state index contributed by atoms with van der Waals surface area (Å²) in [5.74, 6) is 2.85. The van der Waals surface area contributed by atoms with E-state index in [4.69, 9.17) is 6.42 Å². The standard InChI is InChI=1S/C15H18BrN/c1-3-6-11(4-2)17-15-10-9-12-13(15)7-5-8-14(12)16/h2,5,7-8,11,15,17H,3,6,9-10H2,1H3. The summed E-state index contributed by atoms with van der Waals surface area (Å²) in [6.07, 6.45) is 10.0. The van der Waals surface area contributed by atoms with Crippen LogP contribution in [0.2, 0.25) is 0 Å². The average Bonchev–Trinajstić information content (AvgIpc) is 2.73. The van der Waals surface area contributed by atoms with Crippen molar-refractivity contribution in [1.82, 2.24) is 5.32 Å². The molecule has 0 fully saturated rings. The van der Waals surface area contributed by atoms with Gasteiger partial charge in [-0.05, 0) is 36.5 Å². The van der Waals surface area contributed by atoms with Gasteiger partial charge in [0.15, 0.2) is 0 Å². The minimum atomic E-state index is 0.204. The fourth-order valence-electron chi connectivity index (χ4n) is 2.53. The molecule has 1 N–H and O–H groups in total. The highest BCUT2D eigenvalue weighted by Crippen LogP contribution is 2.35. The van der Waals surface area contributed by atoms with Gasteiger partial charge in [-0.3, -0.25) is 5.32 Å². The van der Waals surface area contributed by atoms with Gasteiger partial charge in [0.05, 0.1) is 6.04 Å². The molecule has 2 unspecified atom stereocenters. The maximum absolute atomic E-state index is 5.57. The number of hydrogen-bond donors (Lipinski definition) is 1. The Morgan fingerprint density at radius 1 is 1.59 bits per heavy atom. The summed E-state index contributed by atoms with van der Waals surface area (Å²) < 4.78 is 1.23. The van der Waals surface area contributed by atoms with Crippen LogP contribution >= 0.6 is 15.9 Å². The molecule has 0 bridgehead atoms. The van der Waals surface area contributed by atoms with E-state index in [1.807, 2.05) is 0 Å². The lowest BCUT2D eigenvalue weighted by Crippen LogP contribution is -2.30. The minimum Gasteiger partial charge on any atom is -0.297 e. The van der Waals surface area contributed by atoms with Gasteiger partial charge in [-0.2, -0.15) is 0 Å². The topological polar surface area (TPSA) is 12.0 Å². The lowest BCUT2D eigenvalue weighted by Gasteiger charge is -2.19. The molecule has 0 saturated carbocycles. The van der Waals surface area contributed by atoms with Crippen LogP contribution in [-0.2, 0) is 6.42 Å². The van der Waals surface area contributed by atoms with Crippen molar-refractivity contribution >= 4 is 15.9 Å². The van der Waals surface area contributed by atoms with Gasteiger partial charge < -0.3 is 0 Å². The fourth-order valence-corrected chi connectivity index (χ4v) is 3.11. The van der Waals surface area contributed by atoms with Gasteiger partial charge in [0.1, 0.15) is 0 Å². The summed E-state index contributed by atoms with van der Waals surface area (Å²) in [6.45, 7) is 2.17. The van der Waals surface area contributed by atoms with E-state index >= 15 is 0 Å². The van der Waals surface area contributed by atoms with E-state index < -0.39 is 0 Å². The molecule has 2 rings (SSSR count). The summed E-state index contributed by atoms with van der Waals surface area (Å²) in [5, 5.41) is 3.59. The first kappa shape index (κ1) is 12.7. The van der Waals surface area contributed by atoms with E-state index in [0.29, 0.717) is 6.04 Å². The Morgan fingerprint density at radius 2 is 2.41 bits per heavy atom. The number of fused-ring (bicyclic) bond motifs is 1. The zero-order chi connectivity index (χ0) is 12.3. The molecule has 1 aliphatic rings. The van der Waals surface area contributed by atoms with Crippen molar-refractivity contribution in [3.05, 3.63) is 33.8 Å². The molecule has 0 aliphatic heterocycles. The second kappa shape index (κ2) is 5.71. The quantitative estimate of drug-likeness (QED) is 0.832. The molecular formula is C15H18BrN. The van der Waals surface area contributed by atoms with Crippen LogP contribution in [0.5, 0.6) is 0 Å². The number of halogens is 1. The highest BCUT2D eigenvalue weighted by molar-refractivity contribution is 9.10.